The number of hydrogen-bond acceptors (Lipinski definition) is 5. The van der Waals surface area contributed by atoms with Gasteiger partial charge in [-0.25, -0.2) is 4.79 Å². The fourth-order valence-corrected chi connectivity index (χ4v) is 4.29. The number of benzene rings is 1. The molecule has 1 aromatic rings. The van der Waals surface area contributed by atoms with Gasteiger partial charge >= 0.3 is 6.03 Å². The van der Waals surface area contributed by atoms with E-state index < -0.39 is 11.6 Å². The van der Waals surface area contributed by atoms with Crippen LogP contribution in [0.2, 0.25) is 0 Å². The standard InChI is InChI=1S/C21H27N3O5/c1-23(13-15-6-7-16-17(12-15)29-11-10-28-16)18(25)14-24-19(26)21(22-20(24)27)8-4-2-3-5-9-21/h6-7,12H,2-5,8-11,13-14H2,1H3,(H,22,27). The third-order valence-corrected chi connectivity index (χ3v) is 5.95. The Bertz CT molecular complexity index is 817. The minimum Gasteiger partial charge on any atom is -0.486 e. The van der Waals surface area contributed by atoms with Crippen LogP contribution in [-0.2, 0) is 16.1 Å². The Balaban J connectivity index is 1.39. The second-order valence-corrected chi connectivity index (χ2v) is 8.05. The lowest BCUT2D eigenvalue weighted by molar-refractivity contribution is -0.138. The van der Waals surface area contributed by atoms with Crippen molar-refractivity contribution in [1.82, 2.24) is 15.1 Å². The number of amides is 4. The normalized spacial score (nSPS) is 20.4. The quantitative estimate of drug-likeness (QED) is 0.781. The molecule has 1 spiro atoms. The molecule has 0 radical (unpaired) electrons. The number of carbonyl (C=O) groups is 3. The second-order valence-electron chi connectivity index (χ2n) is 8.05. The number of hydrogen-bond donors (Lipinski definition) is 1. The fourth-order valence-electron chi connectivity index (χ4n) is 4.29. The first-order chi connectivity index (χ1) is 14.0. The van der Waals surface area contributed by atoms with E-state index in [9.17, 15) is 14.4 Å². The Morgan fingerprint density at radius 2 is 1.79 bits per heavy atom. The summed E-state index contributed by atoms with van der Waals surface area (Å²) in [7, 11) is 1.67. The number of carbonyl (C=O) groups excluding carboxylic acids is 3. The monoisotopic (exact) mass is 401 g/mol. The number of imide groups is 1. The van der Waals surface area contributed by atoms with Crippen molar-refractivity contribution in [2.45, 2.75) is 50.6 Å². The molecule has 2 heterocycles. The zero-order chi connectivity index (χ0) is 20.4. The van der Waals surface area contributed by atoms with E-state index in [1.54, 1.807) is 7.05 Å². The van der Waals surface area contributed by atoms with Crippen LogP contribution in [0.5, 0.6) is 11.5 Å². The van der Waals surface area contributed by atoms with Gasteiger partial charge in [0.05, 0.1) is 0 Å². The summed E-state index contributed by atoms with van der Waals surface area (Å²) in [5, 5.41) is 2.87. The number of likely N-dealkylation sites (N-methyl/N-ethyl adjacent to an activating group) is 1. The van der Waals surface area contributed by atoms with Gasteiger partial charge < -0.3 is 19.7 Å². The molecule has 2 fully saturated rings. The topological polar surface area (TPSA) is 88.2 Å². The van der Waals surface area contributed by atoms with Gasteiger partial charge in [-0.2, -0.15) is 0 Å². The predicted molar refractivity (Wildman–Crippen MR) is 105 cm³/mol. The molecule has 1 N–H and O–H groups in total. The number of rotatable bonds is 4. The van der Waals surface area contributed by atoms with Crippen LogP contribution < -0.4 is 14.8 Å². The molecule has 2 aliphatic heterocycles. The lowest BCUT2D eigenvalue weighted by atomic mass is 9.90. The van der Waals surface area contributed by atoms with Crippen LogP contribution in [0.3, 0.4) is 0 Å². The van der Waals surface area contributed by atoms with Crippen molar-refractivity contribution in [3.63, 3.8) is 0 Å². The average molecular weight is 401 g/mol. The van der Waals surface area contributed by atoms with Crippen LogP contribution in [-0.4, -0.2) is 60.0 Å². The number of urea groups is 1. The fraction of sp³-hybridized carbons (Fsp3) is 0.571. The van der Waals surface area contributed by atoms with E-state index in [-0.39, 0.29) is 18.4 Å². The minimum atomic E-state index is -0.817. The van der Waals surface area contributed by atoms with Crippen molar-refractivity contribution >= 4 is 17.8 Å². The Hall–Kier alpha value is -2.77. The summed E-state index contributed by atoms with van der Waals surface area (Å²) in [4.78, 5) is 40.7. The van der Waals surface area contributed by atoms with Crippen LogP contribution in [0.4, 0.5) is 4.79 Å². The molecule has 156 valence electrons. The molecule has 0 atom stereocenters. The third-order valence-electron chi connectivity index (χ3n) is 5.95. The molecule has 29 heavy (non-hydrogen) atoms. The third kappa shape index (κ3) is 3.88. The van der Waals surface area contributed by atoms with Crippen LogP contribution in [0.25, 0.3) is 0 Å². The van der Waals surface area contributed by atoms with Crippen molar-refractivity contribution < 1.29 is 23.9 Å². The molecule has 8 heteroatoms. The molecule has 0 aromatic heterocycles. The van der Waals surface area contributed by atoms with Crippen molar-refractivity contribution in [2.24, 2.45) is 0 Å². The van der Waals surface area contributed by atoms with E-state index >= 15 is 0 Å². The summed E-state index contributed by atoms with van der Waals surface area (Å²) in [5.74, 6) is 0.820. The summed E-state index contributed by atoms with van der Waals surface area (Å²) >= 11 is 0. The van der Waals surface area contributed by atoms with E-state index in [1.807, 2.05) is 18.2 Å². The summed E-state index contributed by atoms with van der Waals surface area (Å²) < 4.78 is 11.1. The second kappa shape index (κ2) is 7.93. The molecule has 4 amide bonds. The maximum absolute atomic E-state index is 13.0. The lowest BCUT2D eigenvalue weighted by Crippen LogP contribution is -2.47. The molecule has 0 unspecified atom stereocenters. The Morgan fingerprint density at radius 1 is 1.10 bits per heavy atom. The van der Waals surface area contributed by atoms with Gasteiger partial charge in [0.15, 0.2) is 11.5 Å². The Kier molecular flexibility index (Phi) is 5.34. The molecule has 3 aliphatic rings. The highest BCUT2D eigenvalue weighted by Crippen LogP contribution is 2.33. The van der Waals surface area contributed by atoms with Gasteiger partial charge in [-0.15, -0.1) is 0 Å². The van der Waals surface area contributed by atoms with E-state index in [0.29, 0.717) is 44.1 Å². The van der Waals surface area contributed by atoms with Crippen molar-refractivity contribution in [1.29, 1.82) is 0 Å². The van der Waals surface area contributed by atoms with Crippen LogP contribution in [0.15, 0.2) is 18.2 Å². The summed E-state index contributed by atoms with van der Waals surface area (Å²) in [6.07, 6.45) is 5.27. The molecule has 1 aromatic carbocycles. The molecule has 8 nitrogen and oxygen atoms in total. The highest BCUT2D eigenvalue weighted by Gasteiger charge is 2.51. The van der Waals surface area contributed by atoms with Gasteiger partial charge in [0, 0.05) is 13.6 Å². The molecule has 4 rings (SSSR count). The first kappa shape index (κ1) is 19.5. The molecule has 1 saturated carbocycles. The maximum atomic E-state index is 13.0. The predicted octanol–water partition coefficient (Wildman–Crippen LogP) is 2.06. The zero-order valence-corrected chi connectivity index (χ0v) is 16.7. The molecular formula is C21H27N3O5. The number of ether oxygens (including phenoxy) is 2. The van der Waals surface area contributed by atoms with Gasteiger partial charge in [0.25, 0.3) is 5.91 Å². The molecular weight excluding hydrogens is 374 g/mol. The highest BCUT2D eigenvalue weighted by molar-refractivity contribution is 6.09. The maximum Gasteiger partial charge on any atom is 0.325 e. The number of nitrogens with zero attached hydrogens (tertiary/aromatic N) is 2. The van der Waals surface area contributed by atoms with E-state index in [0.717, 1.165) is 36.1 Å². The minimum absolute atomic E-state index is 0.243. The highest BCUT2D eigenvalue weighted by atomic mass is 16.6. The lowest BCUT2D eigenvalue weighted by Gasteiger charge is -2.25. The summed E-state index contributed by atoms with van der Waals surface area (Å²) in [6.45, 7) is 1.13. The largest absolute Gasteiger partial charge is 0.486 e. The van der Waals surface area contributed by atoms with Crippen molar-refractivity contribution in [3.05, 3.63) is 23.8 Å². The van der Waals surface area contributed by atoms with Gasteiger partial charge in [-0.3, -0.25) is 14.5 Å². The zero-order valence-electron chi connectivity index (χ0n) is 16.7. The number of fused-ring (bicyclic) bond motifs is 1. The van der Waals surface area contributed by atoms with E-state index in [1.165, 1.54) is 4.90 Å². The SMILES string of the molecule is CN(Cc1ccc2c(c1)OCCO2)C(=O)CN1C(=O)NC2(CCCCCC2)C1=O. The number of nitrogens with one attached hydrogen (secondary N) is 1. The summed E-state index contributed by atoms with van der Waals surface area (Å²) in [6, 6.07) is 5.10. The average Bonchev–Trinajstić information content (AvgIpc) is 2.88. The van der Waals surface area contributed by atoms with Crippen LogP contribution in [0.1, 0.15) is 44.1 Å². The van der Waals surface area contributed by atoms with E-state index in [2.05, 4.69) is 5.32 Å². The van der Waals surface area contributed by atoms with Crippen LogP contribution in [0, 0.1) is 0 Å². The Morgan fingerprint density at radius 3 is 2.52 bits per heavy atom. The van der Waals surface area contributed by atoms with Crippen LogP contribution >= 0.6 is 0 Å². The first-order valence-electron chi connectivity index (χ1n) is 10.3. The van der Waals surface area contributed by atoms with Gasteiger partial charge in [-0.1, -0.05) is 31.7 Å². The molecule has 0 bridgehead atoms. The Labute approximate surface area is 170 Å². The molecule has 1 aliphatic carbocycles. The van der Waals surface area contributed by atoms with E-state index in [4.69, 9.17) is 9.47 Å². The van der Waals surface area contributed by atoms with Crippen molar-refractivity contribution in [3.8, 4) is 11.5 Å². The van der Waals surface area contributed by atoms with Gasteiger partial charge in [-0.05, 0) is 30.5 Å². The van der Waals surface area contributed by atoms with Crippen molar-refractivity contribution in [2.75, 3.05) is 26.8 Å². The smallest absolute Gasteiger partial charge is 0.325 e. The first-order valence-corrected chi connectivity index (χ1v) is 10.3. The van der Waals surface area contributed by atoms with Gasteiger partial charge in [0.2, 0.25) is 5.91 Å². The summed E-state index contributed by atoms with van der Waals surface area (Å²) in [5.41, 5.74) is 0.0740. The molecule has 1 saturated heterocycles. The van der Waals surface area contributed by atoms with Gasteiger partial charge in [0.1, 0.15) is 25.3 Å².